The molecule has 0 aromatic rings. The van der Waals surface area contributed by atoms with Gasteiger partial charge in [-0.1, -0.05) is 47.5 Å². The lowest BCUT2D eigenvalue weighted by atomic mass is 9.85. The van der Waals surface area contributed by atoms with Crippen molar-refractivity contribution in [2.24, 2.45) is 11.1 Å². The molecular formula is C14H32N2. The van der Waals surface area contributed by atoms with Crippen LogP contribution in [0.2, 0.25) is 0 Å². The number of hydrogen-bond donors (Lipinski definition) is 1. The third-order valence-corrected chi connectivity index (χ3v) is 3.56. The molecule has 0 aliphatic rings. The lowest BCUT2D eigenvalue weighted by Crippen LogP contribution is -2.53. The fourth-order valence-corrected chi connectivity index (χ4v) is 2.42. The van der Waals surface area contributed by atoms with E-state index in [0.717, 1.165) is 19.5 Å². The molecule has 0 amide bonds. The Labute approximate surface area is 103 Å². The van der Waals surface area contributed by atoms with E-state index >= 15 is 0 Å². The zero-order chi connectivity index (χ0) is 12.8. The summed E-state index contributed by atoms with van der Waals surface area (Å²) in [7, 11) is 2.23. The van der Waals surface area contributed by atoms with Crippen molar-refractivity contribution < 1.29 is 0 Å². The minimum atomic E-state index is 0.212. The molecule has 98 valence electrons. The second-order valence-electron chi connectivity index (χ2n) is 6.30. The maximum atomic E-state index is 6.04. The molecule has 0 aliphatic heterocycles. The van der Waals surface area contributed by atoms with Crippen LogP contribution in [-0.2, 0) is 0 Å². The molecule has 2 nitrogen and oxygen atoms in total. The molecule has 2 N–H and O–H groups in total. The van der Waals surface area contributed by atoms with Gasteiger partial charge in [-0.25, -0.2) is 0 Å². The average Bonchev–Trinajstić information content (AvgIpc) is 2.17. The summed E-state index contributed by atoms with van der Waals surface area (Å²) >= 11 is 0. The quantitative estimate of drug-likeness (QED) is 0.724. The van der Waals surface area contributed by atoms with Crippen LogP contribution in [0.5, 0.6) is 0 Å². The van der Waals surface area contributed by atoms with Gasteiger partial charge in [-0.3, -0.25) is 4.90 Å². The number of likely N-dealkylation sites (N-methyl/N-ethyl adjacent to an activating group) is 1. The summed E-state index contributed by atoms with van der Waals surface area (Å²) in [5, 5.41) is 0. The van der Waals surface area contributed by atoms with Crippen molar-refractivity contribution in [3.63, 3.8) is 0 Å². The Morgan fingerprint density at radius 1 is 1.12 bits per heavy atom. The SMILES string of the molecule is CCCCC(CC)(CN)N(C)CC(C)(C)C. The van der Waals surface area contributed by atoms with Crippen LogP contribution in [0.3, 0.4) is 0 Å². The summed E-state index contributed by atoms with van der Waals surface area (Å²) < 4.78 is 0. The molecule has 0 aromatic carbocycles. The van der Waals surface area contributed by atoms with Gasteiger partial charge < -0.3 is 5.73 Å². The average molecular weight is 228 g/mol. The summed E-state index contributed by atoms with van der Waals surface area (Å²) in [5.41, 5.74) is 6.59. The third-order valence-electron chi connectivity index (χ3n) is 3.56. The van der Waals surface area contributed by atoms with Crippen molar-refractivity contribution in [2.75, 3.05) is 20.1 Å². The molecule has 0 saturated heterocycles. The van der Waals surface area contributed by atoms with E-state index < -0.39 is 0 Å². The highest BCUT2D eigenvalue weighted by Crippen LogP contribution is 2.27. The number of nitrogens with two attached hydrogens (primary N) is 1. The number of nitrogens with zero attached hydrogens (tertiary/aromatic N) is 1. The molecule has 2 heteroatoms. The molecule has 0 fully saturated rings. The van der Waals surface area contributed by atoms with E-state index in [9.17, 15) is 0 Å². The van der Waals surface area contributed by atoms with Crippen LogP contribution < -0.4 is 5.73 Å². The van der Waals surface area contributed by atoms with Crippen molar-refractivity contribution in [1.29, 1.82) is 0 Å². The van der Waals surface area contributed by atoms with Crippen molar-refractivity contribution >= 4 is 0 Å². The zero-order valence-corrected chi connectivity index (χ0v) is 12.3. The lowest BCUT2D eigenvalue weighted by Gasteiger charge is -2.43. The van der Waals surface area contributed by atoms with E-state index in [1.807, 2.05) is 0 Å². The van der Waals surface area contributed by atoms with Crippen molar-refractivity contribution in [3.05, 3.63) is 0 Å². The number of hydrogen-bond acceptors (Lipinski definition) is 2. The Bertz CT molecular complexity index is 178. The van der Waals surface area contributed by atoms with Gasteiger partial charge in [0.25, 0.3) is 0 Å². The molecule has 0 heterocycles. The summed E-state index contributed by atoms with van der Waals surface area (Å²) in [5.74, 6) is 0. The van der Waals surface area contributed by atoms with E-state index in [0.29, 0.717) is 5.41 Å². The van der Waals surface area contributed by atoms with Crippen LogP contribution in [0.15, 0.2) is 0 Å². The predicted molar refractivity (Wildman–Crippen MR) is 73.7 cm³/mol. The molecule has 0 radical (unpaired) electrons. The molecular weight excluding hydrogens is 196 g/mol. The van der Waals surface area contributed by atoms with Gasteiger partial charge in [-0.2, -0.15) is 0 Å². The van der Waals surface area contributed by atoms with Gasteiger partial charge in [0.1, 0.15) is 0 Å². The Hall–Kier alpha value is -0.0800. The number of unbranched alkanes of at least 4 members (excludes halogenated alkanes) is 1. The minimum Gasteiger partial charge on any atom is -0.329 e. The van der Waals surface area contributed by atoms with Crippen molar-refractivity contribution in [2.45, 2.75) is 65.8 Å². The van der Waals surface area contributed by atoms with Crippen LogP contribution in [0.4, 0.5) is 0 Å². The maximum Gasteiger partial charge on any atom is 0.0326 e. The Balaban J connectivity index is 4.61. The molecule has 0 spiro atoms. The summed E-state index contributed by atoms with van der Waals surface area (Å²) in [6.45, 7) is 13.3. The van der Waals surface area contributed by atoms with Gasteiger partial charge in [0.05, 0.1) is 0 Å². The largest absolute Gasteiger partial charge is 0.329 e. The van der Waals surface area contributed by atoms with Crippen LogP contribution in [-0.4, -0.2) is 30.6 Å². The van der Waals surface area contributed by atoms with Gasteiger partial charge in [-0.05, 0) is 25.3 Å². The van der Waals surface area contributed by atoms with Crippen LogP contribution >= 0.6 is 0 Å². The molecule has 1 atom stereocenters. The highest BCUT2D eigenvalue weighted by atomic mass is 15.2. The monoisotopic (exact) mass is 228 g/mol. The lowest BCUT2D eigenvalue weighted by molar-refractivity contribution is 0.0725. The first-order chi connectivity index (χ1) is 7.31. The molecule has 0 bridgehead atoms. The second-order valence-corrected chi connectivity index (χ2v) is 6.30. The standard InChI is InChI=1S/C14H32N2/c1-7-9-10-14(8-2,11-15)16(6)12-13(3,4)5/h7-12,15H2,1-6H3. The Morgan fingerprint density at radius 2 is 1.69 bits per heavy atom. The Kier molecular flexibility index (Phi) is 6.57. The van der Waals surface area contributed by atoms with Gasteiger partial charge >= 0.3 is 0 Å². The summed E-state index contributed by atoms with van der Waals surface area (Å²) in [6.07, 6.45) is 4.91. The highest BCUT2D eigenvalue weighted by molar-refractivity contribution is 4.90. The van der Waals surface area contributed by atoms with Gasteiger partial charge in [0, 0.05) is 18.6 Å². The second kappa shape index (κ2) is 6.61. The van der Waals surface area contributed by atoms with Crippen LogP contribution in [0, 0.1) is 5.41 Å². The van der Waals surface area contributed by atoms with Crippen LogP contribution in [0.25, 0.3) is 0 Å². The van der Waals surface area contributed by atoms with Gasteiger partial charge in [0.2, 0.25) is 0 Å². The van der Waals surface area contributed by atoms with Crippen LogP contribution in [0.1, 0.15) is 60.3 Å². The molecule has 1 unspecified atom stereocenters. The van der Waals surface area contributed by atoms with Crippen molar-refractivity contribution in [3.8, 4) is 0 Å². The van der Waals surface area contributed by atoms with E-state index in [-0.39, 0.29) is 5.54 Å². The third kappa shape index (κ3) is 4.84. The fourth-order valence-electron chi connectivity index (χ4n) is 2.42. The highest BCUT2D eigenvalue weighted by Gasteiger charge is 2.32. The normalized spacial score (nSPS) is 16.5. The smallest absolute Gasteiger partial charge is 0.0326 e. The maximum absolute atomic E-state index is 6.04. The molecule has 0 aliphatic carbocycles. The summed E-state index contributed by atoms with van der Waals surface area (Å²) in [6, 6.07) is 0. The molecule has 0 saturated carbocycles. The van der Waals surface area contributed by atoms with E-state index in [1.165, 1.54) is 19.3 Å². The molecule has 0 rings (SSSR count). The molecule has 0 aromatic heterocycles. The first-order valence-electron chi connectivity index (χ1n) is 6.72. The first kappa shape index (κ1) is 15.9. The minimum absolute atomic E-state index is 0.212. The fraction of sp³-hybridized carbons (Fsp3) is 1.00. The predicted octanol–water partition coefficient (Wildman–Crippen LogP) is 3.26. The number of rotatable bonds is 7. The topological polar surface area (TPSA) is 29.3 Å². The zero-order valence-electron chi connectivity index (χ0n) is 12.3. The van der Waals surface area contributed by atoms with E-state index in [1.54, 1.807) is 0 Å². The van der Waals surface area contributed by atoms with Gasteiger partial charge in [-0.15, -0.1) is 0 Å². The van der Waals surface area contributed by atoms with E-state index in [2.05, 4.69) is 46.6 Å². The first-order valence-corrected chi connectivity index (χ1v) is 6.72. The van der Waals surface area contributed by atoms with E-state index in [4.69, 9.17) is 5.73 Å². The van der Waals surface area contributed by atoms with Crippen molar-refractivity contribution in [1.82, 2.24) is 4.90 Å². The Morgan fingerprint density at radius 3 is 2.00 bits per heavy atom. The van der Waals surface area contributed by atoms with Gasteiger partial charge in [0.15, 0.2) is 0 Å². The molecule has 16 heavy (non-hydrogen) atoms. The summed E-state index contributed by atoms with van der Waals surface area (Å²) in [4.78, 5) is 2.49.